The summed E-state index contributed by atoms with van der Waals surface area (Å²) in [6.07, 6.45) is 1.69. The van der Waals surface area contributed by atoms with Crippen molar-refractivity contribution >= 4 is 45.2 Å². The highest BCUT2D eigenvalue weighted by molar-refractivity contribution is 9.10. The molecule has 0 fully saturated rings. The first kappa shape index (κ1) is 17.2. The van der Waals surface area contributed by atoms with Gasteiger partial charge < -0.3 is 14.8 Å². The number of rotatable bonds is 5. The predicted molar refractivity (Wildman–Crippen MR) is 101 cm³/mol. The molecule has 7 heteroatoms. The second-order valence-corrected chi connectivity index (χ2v) is 5.77. The lowest BCUT2D eigenvalue weighted by molar-refractivity contribution is 0.355. The van der Waals surface area contributed by atoms with Crippen LogP contribution in [0.1, 0.15) is 5.56 Å². The van der Waals surface area contributed by atoms with E-state index in [1.165, 1.54) is 0 Å². The lowest BCUT2D eigenvalue weighted by atomic mass is 10.2. The van der Waals surface area contributed by atoms with Gasteiger partial charge in [-0.05, 0) is 42.0 Å². The Kier molecular flexibility index (Phi) is 6.37. The molecule has 5 nitrogen and oxygen atoms in total. The van der Waals surface area contributed by atoms with E-state index in [4.69, 9.17) is 21.7 Å². The van der Waals surface area contributed by atoms with Crippen molar-refractivity contribution < 1.29 is 9.47 Å². The molecule has 0 radical (unpaired) electrons. The molecule has 0 heterocycles. The molecule has 0 bridgehead atoms. The summed E-state index contributed by atoms with van der Waals surface area (Å²) in [6.45, 7) is 0. The third-order valence-electron chi connectivity index (χ3n) is 2.87. The van der Waals surface area contributed by atoms with Crippen molar-refractivity contribution in [2.45, 2.75) is 0 Å². The lowest BCUT2D eigenvalue weighted by Gasteiger charge is -2.11. The predicted octanol–water partition coefficient (Wildman–Crippen LogP) is 3.79. The monoisotopic (exact) mass is 393 g/mol. The van der Waals surface area contributed by atoms with E-state index in [0.29, 0.717) is 16.6 Å². The normalized spacial score (nSPS) is 10.4. The Hall–Kier alpha value is -2.12. The lowest BCUT2D eigenvalue weighted by Crippen LogP contribution is -2.23. The summed E-state index contributed by atoms with van der Waals surface area (Å²) in [5, 5.41) is 7.51. The molecule has 0 spiro atoms. The molecule has 0 aromatic heterocycles. The van der Waals surface area contributed by atoms with Crippen LogP contribution in [0, 0.1) is 0 Å². The van der Waals surface area contributed by atoms with E-state index >= 15 is 0 Å². The first-order valence-corrected chi connectivity index (χ1v) is 7.90. The molecule has 0 aliphatic carbocycles. The highest BCUT2D eigenvalue weighted by Crippen LogP contribution is 2.29. The smallest absolute Gasteiger partial charge is 0.191 e. The molecule has 0 aliphatic heterocycles. The maximum atomic E-state index is 5.25. The number of halogens is 1. The Morgan fingerprint density at radius 1 is 1.13 bits per heavy atom. The number of hydrazone groups is 1. The first-order chi connectivity index (χ1) is 11.1. The summed E-state index contributed by atoms with van der Waals surface area (Å²) in [7, 11) is 3.17. The quantitative estimate of drug-likeness (QED) is 0.459. The van der Waals surface area contributed by atoms with Crippen molar-refractivity contribution in [3.63, 3.8) is 0 Å². The zero-order chi connectivity index (χ0) is 16.7. The third kappa shape index (κ3) is 5.22. The standard InChI is InChI=1S/C16H16BrN3O2S/c1-21-14-7-6-13(9-15(14)22-2)19-16(23)20-18-10-11-4-3-5-12(17)8-11/h3-10H,1-2H3,(H2,19,20,23)/b18-10-. The van der Waals surface area contributed by atoms with Gasteiger partial charge in [-0.25, -0.2) is 0 Å². The van der Waals surface area contributed by atoms with Gasteiger partial charge in [0.25, 0.3) is 0 Å². The molecular formula is C16H16BrN3O2S. The van der Waals surface area contributed by atoms with Gasteiger partial charge in [-0.2, -0.15) is 5.10 Å². The molecule has 0 saturated carbocycles. The number of benzene rings is 2. The number of ether oxygens (including phenoxy) is 2. The molecule has 2 rings (SSSR count). The van der Waals surface area contributed by atoms with Gasteiger partial charge in [0.15, 0.2) is 16.6 Å². The minimum atomic E-state index is 0.378. The Labute approximate surface area is 148 Å². The molecule has 0 atom stereocenters. The third-order valence-corrected chi connectivity index (χ3v) is 3.56. The van der Waals surface area contributed by atoms with Crippen molar-refractivity contribution in [2.24, 2.45) is 5.10 Å². The molecule has 2 aromatic carbocycles. The maximum Gasteiger partial charge on any atom is 0.191 e. The highest BCUT2D eigenvalue weighted by atomic mass is 79.9. The minimum Gasteiger partial charge on any atom is -0.493 e. The fourth-order valence-corrected chi connectivity index (χ4v) is 2.41. The Bertz CT molecular complexity index is 722. The van der Waals surface area contributed by atoms with Crippen LogP contribution in [-0.4, -0.2) is 25.5 Å². The van der Waals surface area contributed by atoms with Crippen molar-refractivity contribution in [1.82, 2.24) is 5.43 Å². The number of anilines is 1. The number of thiocarbonyl (C=S) groups is 1. The van der Waals surface area contributed by atoms with E-state index in [1.807, 2.05) is 30.3 Å². The Balaban J connectivity index is 1.94. The average Bonchev–Trinajstić information content (AvgIpc) is 2.54. The van der Waals surface area contributed by atoms with Crippen LogP contribution in [0.3, 0.4) is 0 Å². The molecule has 0 unspecified atom stereocenters. The minimum absolute atomic E-state index is 0.378. The molecule has 0 amide bonds. The first-order valence-electron chi connectivity index (χ1n) is 6.70. The second-order valence-electron chi connectivity index (χ2n) is 4.45. The second kappa shape index (κ2) is 8.50. The summed E-state index contributed by atoms with van der Waals surface area (Å²) in [5.74, 6) is 1.28. The zero-order valence-electron chi connectivity index (χ0n) is 12.7. The summed E-state index contributed by atoms with van der Waals surface area (Å²) in [5.41, 5.74) is 4.50. The molecular weight excluding hydrogens is 378 g/mol. The van der Waals surface area contributed by atoms with Gasteiger partial charge in [0.05, 0.1) is 20.4 Å². The van der Waals surface area contributed by atoms with Crippen LogP contribution in [0.25, 0.3) is 0 Å². The Morgan fingerprint density at radius 3 is 2.61 bits per heavy atom. The van der Waals surface area contributed by atoms with Gasteiger partial charge in [0, 0.05) is 16.2 Å². The van der Waals surface area contributed by atoms with E-state index in [2.05, 4.69) is 31.8 Å². The van der Waals surface area contributed by atoms with Crippen LogP contribution in [-0.2, 0) is 0 Å². The number of hydrogen-bond acceptors (Lipinski definition) is 4. The number of nitrogens with zero attached hydrogens (tertiary/aromatic N) is 1. The van der Waals surface area contributed by atoms with E-state index in [9.17, 15) is 0 Å². The number of hydrogen-bond donors (Lipinski definition) is 2. The van der Waals surface area contributed by atoms with Gasteiger partial charge in [-0.1, -0.05) is 28.1 Å². The van der Waals surface area contributed by atoms with Crippen LogP contribution in [0.2, 0.25) is 0 Å². The van der Waals surface area contributed by atoms with Gasteiger partial charge in [0.2, 0.25) is 0 Å². The SMILES string of the molecule is COc1ccc(NC(=S)N/N=C\c2cccc(Br)c2)cc1OC. The van der Waals surface area contributed by atoms with Gasteiger partial charge in [-0.15, -0.1) is 0 Å². The van der Waals surface area contributed by atoms with Crippen molar-refractivity contribution in [1.29, 1.82) is 0 Å². The average molecular weight is 394 g/mol. The fourth-order valence-electron chi connectivity index (χ4n) is 1.83. The molecule has 2 N–H and O–H groups in total. The summed E-state index contributed by atoms with van der Waals surface area (Å²) >= 11 is 8.61. The summed E-state index contributed by atoms with van der Waals surface area (Å²) in [6, 6.07) is 13.2. The number of methoxy groups -OCH3 is 2. The highest BCUT2D eigenvalue weighted by Gasteiger charge is 2.05. The van der Waals surface area contributed by atoms with Crippen LogP contribution in [0.15, 0.2) is 52.0 Å². The van der Waals surface area contributed by atoms with Crippen molar-refractivity contribution in [3.8, 4) is 11.5 Å². The summed E-state index contributed by atoms with van der Waals surface area (Å²) in [4.78, 5) is 0. The fraction of sp³-hybridized carbons (Fsp3) is 0.125. The largest absolute Gasteiger partial charge is 0.493 e. The topological polar surface area (TPSA) is 54.9 Å². The van der Waals surface area contributed by atoms with Crippen LogP contribution in [0.4, 0.5) is 5.69 Å². The van der Waals surface area contributed by atoms with E-state index in [-0.39, 0.29) is 0 Å². The van der Waals surface area contributed by atoms with Gasteiger partial charge in [-0.3, -0.25) is 5.43 Å². The van der Waals surface area contributed by atoms with Gasteiger partial charge >= 0.3 is 0 Å². The van der Waals surface area contributed by atoms with E-state index in [0.717, 1.165) is 15.7 Å². The van der Waals surface area contributed by atoms with Gasteiger partial charge in [0.1, 0.15) is 0 Å². The molecule has 0 aliphatic rings. The van der Waals surface area contributed by atoms with Crippen LogP contribution in [0.5, 0.6) is 11.5 Å². The zero-order valence-corrected chi connectivity index (χ0v) is 15.1. The van der Waals surface area contributed by atoms with Crippen LogP contribution < -0.4 is 20.2 Å². The molecule has 120 valence electrons. The van der Waals surface area contributed by atoms with Crippen molar-refractivity contribution in [2.75, 3.05) is 19.5 Å². The summed E-state index contributed by atoms with van der Waals surface area (Å²) < 4.78 is 11.4. The molecule has 2 aromatic rings. The number of nitrogens with one attached hydrogen (secondary N) is 2. The molecule has 23 heavy (non-hydrogen) atoms. The van der Waals surface area contributed by atoms with Crippen molar-refractivity contribution in [3.05, 3.63) is 52.5 Å². The Morgan fingerprint density at radius 2 is 1.91 bits per heavy atom. The van der Waals surface area contributed by atoms with Crippen LogP contribution >= 0.6 is 28.1 Å². The van der Waals surface area contributed by atoms with E-state index in [1.54, 1.807) is 32.6 Å². The molecule has 0 saturated heterocycles. The maximum absolute atomic E-state index is 5.25. The van der Waals surface area contributed by atoms with E-state index < -0.39 is 0 Å².